The lowest BCUT2D eigenvalue weighted by Gasteiger charge is -2.11. The normalized spacial score (nSPS) is 15.7. The first-order valence-electron chi connectivity index (χ1n) is 6.92. The van der Waals surface area contributed by atoms with Crippen LogP contribution in [0.25, 0.3) is 0 Å². The Morgan fingerprint density at radius 1 is 1.40 bits per heavy atom. The molecular weight excluding hydrogens is 280 g/mol. The number of nitrogens with one attached hydrogen (secondary N) is 1. The van der Waals surface area contributed by atoms with E-state index in [4.69, 9.17) is 16.3 Å². The molecular formula is C14H19ClN2O3. The zero-order valence-corrected chi connectivity index (χ0v) is 12.1. The average Bonchev–Trinajstić information content (AvgIpc) is 2.92. The van der Waals surface area contributed by atoms with Crippen LogP contribution in [0.4, 0.5) is 5.69 Å². The summed E-state index contributed by atoms with van der Waals surface area (Å²) >= 11 is 5.77. The fraction of sp³-hybridized carbons (Fsp3) is 0.571. The molecule has 6 heteroatoms. The van der Waals surface area contributed by atoms with Crippen LogP contribution < -0.4 is 5.32 Å². The first-order valence-corrected chi connectivity index (χ1v) is 7.30. The summed E-state index contributed by atoms with van der Waals surface area (Å²) in [5, 5.41) is 14.5. The lowest BCUT2D eigenvalue weighted by Crippen LogP contribution is -2.22. The molecule has 1 aromatic carbocycles. The molecule has 0 unspecified atom stereocenters. The highest BCUT2D eigenvalue weighted by Crippen LogP contribution is 2.23. The first kappa shape index (κ1) is 15.2. The van der Waals surface area contributed by atoms with E-state index in [1.54, 1.807) is 12.1 Å². The zero-order chi connectivity index (χ0) is 14.4. The maximum atomic E-state index is 10.9. The van der Waals surface area contributed by atoms with Crippen LogP contribution in [0.1, 0.15) is 31.2 Å². The zero-order valence-electron chi connectivity index (χ0n) is 11.3. The SMILES string of the molecule is O=[N+]([O-])c1cc(Cl)ccc1CNCCOC1CCCC1. The monoisotopic (exact) mass is 298 g/mol. The summed E-state index contributed by atoms with van der Waals surface area (Å²) in [4.78, 5) is 10.5. The Balaban J connectivity index is 1.74. The number of hydrogen-bond donors (Lipinski definition) is 1. The van der Waals surface area contributed by atoms with Crippen molar-refractivity contribution >= 4 is 17.3 Å². The van der Waals surface area contributed by atoms with Crippen molar-refractivity contribution in [1.82, 2.24) is 5.32 Å². The van der Waals surface area contributed by atoms with Gasteiger partial charge in [0.2, 0.25) is 0 Å². The third-order valence-corrected chi connectivity index (χ3v) is 3.73. The second-order valence-corrected chi connectivity index (χ2v) is 5.42. The molecule has 110 valence electrons. The Morgan fingerprint density at radius 2 is 2.15 bits per heavy atom. The van der Waals surface area contributed by atoms with Crippen LogP contribution in [-0.2, 0) is 11.3 Å². The lowest BCUT2D eigenvalue weighted by atomic mass is 10.2. The van der Waals surface area contributed by atoms with Crippen LogP contribution in [0.2, 0.25) is 5.02 Å². The van der Waals surface area contributed by atoms with Crippen molar-refractivity contribution in [2.24, 2.45) is 0 Å². The smallest absolute Gasteiger partial charge is 0.275 e. The number of ether oxygens (including phenoxy) is 1. The number of benzene rings is 1. The van der Waals surface area contributed by atoms with Gasteiger partial charge in [0.1, 0.15) is 0 Å². The predicted octanol–water partition coefficient (Wildman–Crippen LogP) is 3.30. The summed E-state index contributed by atoms with van der Waals surface area (Å²) in [5.74, 6) is 0. The summed E-state index contributed by atoms with van der Waals surface area (Å²) in [6, 6.07) is 4.74. The van der Waals surface area contributed by atoms with Gasteiger partial charge in [0, 0.05) is 29.7 Å². The van der Waals surface area contributed by atoms with E-state index in [9.17, 15) is 10.1 Å². The molecule has 0 saturated heterocycles. The van der Waals surface area contributed by atoms with Crippen molar-refractivity contribution in [2.45, 2.75) is 38.3 Å². The molecule has 0 amide bonds. The Morgan fingerprint density at radius 3 is 2.85 bits per heavy atom. The van der Waals surface area contributed by atoms with Gasteiger partial charge in [-0.15, -0.1) is 0 Å². The minimum absolute atomic E-state index is 0.0571. The summed E-state index contributed by atoms with van der Waals surface area (Å²) in [7, 11) is 0. The van der Waals surface area contributed by atoms with Crippen LogP contribution in [0.15, 0.2) is 18.2 Å². The number of rotatable bonds is 7. The van der Waals surface area contributed by atoms with E-state index in [0.29, 0.717) is 36.4 Å². The van der Waals surface area contributed by atoms with Gasteiger partial charge in [-0.05, 0) is 25.0 Å². The Hall–Kier alpha value is -1.17. The maximum Gasteiger partial charge on any atom is 0.275 e. The molecule has 1 aromatic rings. The van der Waals surface area contributed by atoms with E-state index >= 15 is 0 Å². The molecule has 0 spiro atoms. The predicted molar refractivity (Wildman–Crippen MR) is 78.0 cm³/mol. The second kappa shape index (κ2) is 7.57. The fourth-order valence-corrected chi connectivity index (χ4v) is 2.60. The molecule has 5 nitrogen and oxygen atoms in total. The molecule has 20 heavy (non-hydrogen) atoms. The van der Waals surface area contributed by atoms with Crippen molar-refractivity contribution in [1.29, 1.82) is 0 Å². The summed E-state index contributed by atoms with van der Waals surface area (Å²) in [6.07, 6.45) is 5.23. The quantitative estimate of drug-likeness (QED) is 0.476. The number of nitro benzene ring substituents is 1. The fourth-order valence-electron chi connectivity index (χ4n) is 2.43. The summed E-state index contributed by atoms with van der Waals surface area (Å²) < 4.78 is 5.72. The number of hydrogen-bond acceptors (Lipinski definition) is 4. The van der Waals surface area contributed by atoms with Crippen molar-refractivity contribution in [2.75, 3.05) is 13.2 Å². The summed E-state index contributed by atoms with van der Waals surface area (Å²) in [5.41, 5.74) is 0.696. The van der Waals surface area contributed by atoms with Gasteiger partial charge >= 0.3 is 0 Å². The van der Waals surface area contributed by atoms with Crippen LogP contribution in [0.5, 0.6) is 0 Å². The van der Waals surface area contributed by atoms with Gasteiger partial charge in [-0.3, -0.25) is 10.1 Å². The van der Waals surface area contributed by atoms with Crippen LogP contribution in [0.3, 0.4) is 0 Å². The van der Waals surface area contributed by atoms with E-state index in [1.807, 2.05) is 0 Å². The number of nitro groups is 1. The highest BCUT2D eigenvalue weighted by atomic mass is 35.5. The van der Waals surface area contributed by atoms with E-state index < -0.39 is 4.92 Å². The molecule has 1 saturated carbocycles. The molecule has 1 aliphatic rings. The van der Waals surface area contributed by atoms with Crippen molar-refractivity contribution < 1.29 is 9.66 Å². The van der Waals surface area contributed by atoms with Gasteiger partial charge in [-0.1, -0.05) is 24.4 Å². The Bertz CT molecular complexity index is 462. The van der Waals surface area contributed by atoms with Crippen LogP contribution in [0, 0.1) is 10.1 Å². The molecule has 1 N–H and O–H groups in total. The highest BCUT2D eigenvalue weighted by Gasteiger charge is 2.15. The number of halogens is 1. The van der Waals surface area contributed by atoms with Crippen molar-refractivity contribution in [3.8, 4) is 0 Å². The summed E-state index contributed by atoms with van der Waals surface area (Å²) in [6.45, 7) is 1.78. The number of nitrogens with zero attached hydrogens (tertiary/aromatic N) is 1. The minimum Gasteiger partial charge on any atom is -0.377 e. The molecule has 0 radical (unpaired) electrons. The minimum atomic E-state index is -0.405. The van der Waals surface area contributed by atoms with Crippen molar-refractivity contribution in [3.63, 3.8) is 0 Å². The van der Waals surface area contributed by atoms with Gasteiger partial charge in [-0.2, -0.15) is 0 Å². The molecule has 0 heterocycles. The molecule has 1 fully saturated rings. The average molecular weight is 299 g/mol. The van der Waals surface area contributed by atoms with E-state index in [0.717, 1.165) is 12.8 Å². The standard InChI is InChI=1S/C14H19ClN2O3/c15-12-6-5-11(14(9-12)17(18)19)10-16-7-8-20-13-3-1-2-4-13/h5-6,9,13,16H,1-4,7-8,10H2. The van der Waals surface area contributed by atoms with Gasteiger partial charge in [0.25, 0.3) is 5.69 Å². The Kier molecular flexibility index (Phi) is 5.76. The third kappa shape index (κ3) is 4.44. The molecule has 0 bridgehead atoms. The largest absolute Gasteiger partial charge is 0.377 e. The molecule has 1 aliphatic carbocycles. The molecule has 2 rings (SSSR count). The van der Waals surface area contributed by atoms with Gasteiger partial charge < -0.3 is 10.1 Å². The van der Waals surface area contributed by atoms with Crippen molar-refractivity contribution in [3.05, 3.63) is 38.9 Å². The maximum absolute atomic E-state index is 10.9. The van der Waals surface area contributed by atoms with E-state index in [2.05, 4.69) is 5.32 Å². The van der Waals surface area contributed by atoms with Gasteiger partial charge in [0.05, 0.1) is 17.6 Å². The van der Waals surface area contributed by atoms with Gasteiger partial charge in [0.15, 0.2) is 0 Å². The van der Waals surface area contributed by atoms with Gasteiger partial charge in [-0.25, -0.2) is 0 Å². The molecule has 0 aromatic heterocycles. The lowest BCUT2D eigenvalue weighted by molar-refractivity contribution is -0.385. The van der Waals surface area contributed by atoms with E-state index in [-0.39, 0.29) is 5.69 Å². The van der Waals surface area contributed by atoms with E-state index in [1.165, 1.54) is 18.9 Å². The highest BCUT2D eigenvalue weighted by molar-refractivity contribution is 6.30. The van der Waals surface area contributed by atoms with Crippen LogP contribution in [-0.4, -0.2) is 24.2 Å². The second-order valence-electron chi connectivity index (χ2n) is 4.98. The Labute approximate surface area is 123 Å². The molecule has 0 aliphatic heterocycles. The third-order valence-electron chi connectivity index (χ3n) is 3.49. The first-order chi connectivity index (χ1) is 9.66. The topological polar surface area (TPSA) is 64.4 Å². The van der Waals surface area contributed by atoms with Crippen LogP contribution >= 0.6 is 11.6 Å². The molecule has 0 atom stereocenters.